The van der Waals surface area contributed by atoms with Gasteiger partial charge in [0.1, 0.15) is 18.0 Å². The van der Waals surface area contributed by atoms with Crippen LogP contribution in [0.1, 0.15) is 116 Å². The third-order valence-electron chi connectivity index (χ3n) is 15.1. The average Bonchev–Trinajstić information content (AvgIpc) is 3.31. The molecule has 9 N–H and O–H groups in total. The van der Waals surface area contributed by atoms with Crippen molar-refractivity contribution < 1.29 is 38.1 Å². The van der Waals surface area contributed by atoms with Gasteiger partial charge in [-0.2, -0.15) is 0 Å². The lowest BCUT2D eigenvalue weighted by molar-refractivity contribution is -0.180. The molecule has 5 fully saturated rings. The summed E-state index contributed by atoms with van der Waals surface area (Å²) >= 11 is 0. The van der Waals surface area contributed by atoms with Crippen molar-refractivity contribution >= 4 is 33.2 Å². The minimum absolute atomic E-state index is 0.0154. The van der Waals surface area contributed by atoms with Crippen molar-refractivity contribution in [1.29, 1.82) is 5.41 Å². The molecule has 8 atom stereocenters. The summed E-state index contributed by atoms with van der Waals surface area (Å²) in [6, 6.07) is 16.5. The van der Waals surface area contributed by atoms with Crippen molar-refractivity contribution in [1.82, 2.24) is 9.62 Å². The molecule has 0 radical (unpaired) electrons. The van der Waals surface area contributed by atoms with Crippen LogP contribution in [0, 0.1) is 39.9 Å². The average molecular weight is 868 g/mol. The zero-order chi connectivity index (χ0) is 44.6. The van der Waals surface area contributed by atoms with Gasteiger partial charge < -0.3 is 36.4 Å². The Bertz CT molecular complexity index is 1890. The molecule has 0 amide bonds. The van der Waals surface area contributed by atoms with Gasteiger partial charge in [-0.15, -0.1) is 0 Å². The number of nitrogen functional groups attached to an aromatic ring is 1. The van der Waals surface area contributed by atoms with Crippen molar-refractivity contribution in [2.75, 3.05) is 39.6 Å². The second-order valence-electron chi connectivity index (χ2n) is 19.4. The van der Waals surface area contributed by atoms with E-state index in [0.717, 1.165) is 64.5 Å². The number of carbonyl (C=O) groups is 2. The summed E-state index contributed by atoms with van der Waals surface area (Å²) in [6.45, 7) is 5.47. The molecule has 14 heteroatoms. The van der Waals surface area contributed by atoms with Crippen molar-refractivity contribution in [3.05, 3.63) is 60.2 Å². The number of ether oxygens (including phenoxy) is 1. The molecular weight excluding hydrogens is 795 g/mol. The van der Waals surface area contributed by atoms with Crippen molar-refractivity contribution in [2.24, 2.45) is 40.2 Å². The van der Waals surface area contributed by atoms with Crippen LogP contribution in [0.2, 0.25) is 0 Å². The maximum atomic E-state index is 13.4. The number of guanidine groups is 1. The molecule has 13 nitrogen and oxygen atoms in total. The van der Waals surface area contributed by atoms with Crippen molar-refractivity contribution in [3.63, 3.8) is 0 Å². The van der Waals surface area contributed by atoms with Crippen LogP contribution < -0.4 is 16.2 Å². The lowest BCUT2D eigenvalue weighted by atomic mass is 9.44. The number of anilines is 1. The summed E-state index contributed by atoms with van der Waals surface area (Å²) in [5.74, 6) is -0.244. The van der Waals surface area contributed by atoms with Crippen LogP contribution in [-0.2, 0) is 30.8 Å². The number of sulfonamides is 1. The Morgan fingerprint density at radius 1 is 0.951 bits per heavy atom. The molecule has 5 aliphatic carbocycles. The van der Waals surface area contributed by atoms with Gasteiger partial charge in [0.05, 0.1) is 16.6 Å². The molecule has 0 bridgehead atoms. The van der Waals surface area contributed by atoms with E-state index in [9.17, 15) is 33.3 Å². The van der Waals surface area contributed by atoms with Gasteiger partial charge in [-0.1, -0.05) is 69.9 Å². The predicted molar refractivity (Wildman–Crippen MR) is 238 cm³/mol. The normalized spacial score (nSPS) is 31.7. The molecule has 0 saturated heterocycles. The first-order valence-corrected chi connectivity index (χ1v) is 23.9. The van der Waals surface area contributed by atoms with Gasteiger partial charge in [0.2, 0.25) is 0 Å². The monoisotopic (exact) mass is 868 g/mol. The number of carbonyl (C=O) groups excluding carboxylic acids is 2. The number of ketones is 2. The van der Waals surface area contributed by atoms with Crippen LogP contribution in [0.3, 0.4) is 0 Å². The molecule has 61 heavy (non-hydrogen) atoms. The van der Waals surface area contributed by atoms with E-state index in [2.05, 4.69) is 56.3 Å². The van der Waals surface area contributed by atoms with Gasteiger partial charge in [0, 0.05) is 36.5 Å². The first-order valence-electron chi connectivity index (χ1n) is 22.4. The van der Waals surface area contributed by atoms with Crippen molar-refractivity contribution in [2.45, 2.75) is 139 Å². The molecule has 5 saturated carbocycles. The smallest absolute Gasteiger partial charge is 0.264 e. The molecule has 0 aliphatic heterocycles. The van der Waals surface area contributed by atoms with E-state index in [4.69, 9.17) is 21.6 Å². The Balaban J connectivity index is 0.000000182. The standard InChI is InChI=1S/C21H32O5.C19H31NO.C7H10N4O2S/c1-19-7-5-13(23)9-12(19)3-4-14-15-6-8-21(26,17(25)11-22)20(15,2)10-16(24)18(14)19;1-20(2)15-10-16-21-19(13-8-3-4-9-14-19)17-18-11-6-5-7-12-18;8-5-1-3-6(4-2-5)14(12,13)11-7(9)10/h12-15,18,22-23,26H,3-11H2,1-2H3;5-7,11-12H,3-4,8-10,13-17H2,1-2H3;1-4H,8H2,(H4,9,10,11)/t12-,13-,14+,15+,18-,19+,20+,21+;;/m1../s1. The minimum Gasteiger partial charge on any atom is -0.399 e. The van der Waals surface area contributed by atoms with Gasteiger partial charge in [0.25, 0.3) is 10.0 Å². The number of hydrogen-bond acceptors (Lipinski definition) is 11. The Morgan fingerprint density at radius 2 is 1.61 bits per heavy atom. The lowest BCUT2D eigenvalue weighted by Gasteiger charge is -2.60. The van der Waals surface area contributed by atoms with Gasteiger partial charge in [-0.3, -0.25) is 15.0 Å². The van der Waals surface area contributed by atoms with Crippen LogP contribution in [0.15, 0.2) is 59.5 Å². The number of fused-ring (bicyclic) bond motifs is 5. The number of Topliss-reactive ketones (excluding diaryl/α,β-unsaturated/α-hetero) is 2. The highest BCUT2D eigenvalue weighted by molar-refractivity contribution is 7.90. The number of rotatable bonds is 11. The summed E-state index contributed by atoms with van der Waals surface area (Å²) in [5, 5.41) is 37.4. The molecule has 7 rings (SSSR count). The first-order chi connectivity index (χ1) is 28.8. The summed E-state index contributed by atoms with van der Waals surface area (Å²) in [7, 11) is 0.529. The number of nitrogens with two attached hydrogens (primary N) is 2. The molecule has 0 unspecified atom stereocenters. The maximum absolute atomic E-state index is 13.4. The van der Waals surface area contributed by atoms with E-state index >= 15 is 0 Å². The van der Waals surface area contributed by atoms with E-state index in [-0.39, 0.29) is 52.0 Å². The molecule has 0 aromatic heterocycles. The Kier molecular flexibility index (Phi) is 16.3. The number of aliphatic hydroxyl groups is 3. The third-order valence-corrected chi connectivity index (χ3v) is 16.4. The zero-order valence-corrected chi connectivity index (χ0v) is 37.7. The van der Waals surface area contributed by atoms with Crippen molar-refractivity contribution in [3.8, 4) is 0 Å². The second-order valence-corrected chi connectivity index (χ2v) is 21.0. The van der Waals surface area contributed by atoms with E-state index in [1.54, 1.807) is 0 Å². The predicted octanol–water partition coefficient (Wildman–Crippen LogP) is 5.59. The van der Waals surface area contributed by atoms with E-state index in [1.165, 1.54) is 68.4 Å². The summed E-state index contributed by atoms with van der Waals surface area (Å²) in [6.07, 6.45) is 15.5. The topological polar surface area (TPSA) is 229 Å². The number of benzene rings is 2. The SMILES string of the molecule is CN(C)CCCOC1(Cc2ccccc2)CCCCCC1.C[C@]12CC[C@@H](O)C[C@H]1CC[C@@H]1[C@@H]2C(=O)C[C@@]2(C)[C@H]1CC[C@]2(O)C(=O)CO.N=C(N)NS(=O)(=O)c1ccc(N)cc1. The van der Waals surface area contributed by atoms with E-state index in [0.29, 0.717) is 18.0 Å². The highest BCUT2D eigenvalue weighted by Crippen LogP contribution is 2.67. The highest BCUT2D eigenvalue weighted by atomic mass is 32.2. The molecule has 0 heterocycles. The van der Waals surface area contributed by atoms with Crippen LogP contribution in [0.25, 0.3) is 0 Å². The number of nitrogens with one attached hydrogen (secondary N) is 2. The summed E-state index contributed by atoms with van der Waals surface area (Å²) in [4.78, 5) is 28.0. The largest absolute Gasteiger partial charge is 0.399 e. The molecule has 2 aromatic rings. The molecule has 5 aliphatic rings. The Morgan fingerprint density at radius 3 is 2.21 bits per heavy atom. The van der Waals surface area contributed by atoms with Crippen LogP contribution in [0.4, 0.5) is 5.69 Å². The fraction of sp³-hybridized carbons (Fsp3) is 0.681. The van der Waals surface area contributed by atoms with Gasteiger partial charge >= 0.3 is 0 Å². The van der Waals surface area contributed by atoms with Crippen LogP contribution in [0.5, 0.6) is 0 Å². The van der Waals surface area contributed by atoms with Gasteiger partial charge in [-0.25, -0.2) is 13.1 Å². The number of aliphatic hydroxyl groups excluding tert-OH is 2. The molecule has 340 valence electrons. The molecule has 0 spiro atoms. The van der Waals surface area contributed by atoms with E-state index in [1.807, 2.05) is 11.6 Å². The second kappa shape index (κ2) is 20.4. The summed E-state index contributed by atoms with van der Waals surface area (Å²) < 4.78 is 31.1. The maximum Gasteiger partial charge on any atom is 0.264 e. The fourth-order valence-corrected chi connectivity index (χ4v) is 12.8. The minimum atomic E-state index is -3.73. The summed E-state index contributed by atoms with van der Waals surface area (Å²) in [5.41, 5.74) is 9.87. The molecular formula is C47H73N5O8S. The number of nitrogens with zero attached hydrogens (tertiary/aromatic N) is 1. The van der Waals surface area contributed by atoms with Crippen LogP contribution in [-0.4, -0.2) is 97.3 Å². The number of hydrogen-bond donors (Lipinski definition) is 7. The van der Waals surface area contributed by atoms with Crippen LogP contribution >= 0.6 is 0 Å². The third kappa shape index (κ3) is 11.2. The highest BCUT2D eigenvalue weighted by Gasteiger charge is 2.68. The Labute approximate surface area is 363 Å². The van der Waals surface area contributed by atoms with Gasteiger partial charge in [-0.05, 0) is 138 Å². The fourth-order valence-electron chi connectivity index (χ4n) is 11.9. The quantitative estimate of drug-likeness (QED) is 0.0484. The zero-order valence-electron chi connectivity index (χ0n) is 36.9. The van der Waals surface area contributed by atoms with Gasteiger partial charge in [0.15, 0.2) is 11.7 Å². The Hall–Kier alpha value is -3.40. The lowest BCUT2D eigenvalue weighted by Crippen LogP contribution is -2.62. The first kappa shape index (κ1) is 48.6. The van der Waals surface area contributed by atoms with E-state index < -0.39 is 39.4 Å². The molecule has 2 aromatic carbocycles.